The van der Waals surface area contributed by atoms with Crippen LogP contribution < -0.4 is 15.5 Å². The molecule has 1 aromatic heterocycles. The quantitative estimate of drug-likeness (QED) is 0.575. The van der Waals surface area contributed by atoms with E-state index in [1.54, 1.807) is 12.3 Å². The van der Waals surface area contributed by atoms with Crippen LogP contribution in [0.2, 0.25) is 0 Å². The Morgan fingerprint density at radius 2 is 1.79 bits per heavy atom. The highest BCUT2D eigenvalue weighted by molar-refractivity contribution is 5.73. The van der Waals surface area contributed by atoms with Gasteiger partial charge in [0.05, 0.1) is 24.4 Å². The first-order valence-electron chi connectivity index (χ1n) is 11.2. The Morgan fingerprint density at radius 1 is 1.06 bits per heavy atom. The molecule has 2 atom stereocenters. The Bertz CT molecular complexity index is 1060. The van der Waals surface area contributed by atoms with E-state index < -0.39 is 0 Å². The van der Waals surface area contributed by atoms with Crippen molar-refractivity contribution >= 4 is 11.7 Å². The van der Waals surface area contributed by atoms with E-state index in [1.165, 1.54) is 6.07 Å². The van der Waals surface area contributed by atoms with Crippen LogP contribution in [0.25, 0.3) is 0 Å². The zero-order valence-electron chi connectivity index (χ0n) is 19.0. The van der Waals surface area contributed by atoms with Crippen LogP contribution in [-0.4, -0.2) is 41.1 Å². The number of rotatable bonds is 7. The lowest BCUT2D eigenvalue weighted by Gasteiger charge is -2.37. The number of benzene rings is 2. The highest BCUT2D eigenvalue weighted by Gasteiger charge is 2.24. The Morgan fingerprint density at radius 3 is 2.48 bits per heavy atom. The number of amides is 2. The summed E-state index contributed by atoms with van der Waals surface area (Å²) in [5.74, 6) is -0.288. The Labute approximate surface area is 193 Å². The molecular weight excluding hydrogens is 421 g/mol. The second-order valence-electron chi connectivity index (χ2n) is 8.46. The molecule has 3 aromatic rings. The summed E-state index contributed by atoms with van der Waals surface area (Å²) in [5.41, 5.74) is 3.39. The van der Waals surface area contributed by atoms with Gasteiger partial charge in [-0.25, -0.2) is 9.18 Å². The molecule has 1 aliphatic heterocycles. The van der Waals surface area contributed by atoms with Gasteiger partial charge >= 0.3 is 6.03 Å². The lowest BCUT2D eigenvalue weighted by Crippen LogP contribution is -2.45. The monoisotopic (exact) mass is 451 g/mol. The number of morpholine rings is 1. The molecule has 0 aliphatic carbocycles. The Hall–Kier alpha value is -3.39. The zero-order chi connectivity index (χ0) is 23.2. The smallest absolute Gasteiger partial charge is 0.315 e. The first kappa shape index (κ1) is 22.8. The minimum Gasteiger partial charge on any atom is -0.372 e. The van der Waals surface area contributed by atoms with E-state index >= 15 is 0 Å². The number of hydrogen-bond acceptors (Lipinski definition) is 4. The maximum atomic E-state index is 14.8. The van der Waals surface area contributed by atoms with Crippen molar-refractivity contribution in [3.63, 3.8) is 0 Å². The van der Waals surface area contributed by atoms with Gasteiger partial charge in [0.25, 0.3) is 0 Å². The van der Waals surface area contributed by atoms with Crippen molar-refractivity contribution in [3.8, 4) is 0 Å². The van der Waals surface area contributed by atoms with Gasteiger partial charge in [-0.05, 0) is 48.7 Å². The molecule has 4 rings (SSSR count). The largest absolute Gasteiger partial charge is 0.372 e. The number of ether oxygens (including phenoxy) is 1. The standard InChI is InChI=1S/C25H30FN5O2/c1-18-15-30(16-19(2)33-18)24-9-8-20(12-23(24)26)13-27-25(32)28-14-21-6-3-4-7-22(21)17-31-11-5-10-29-31/h3-12,18-19H,13-17H2,1-2H3,(H2,27,28,32). The summed E-state index contributed by atoms with van der Waals surface area (Å²) >= 11 is 0. The number of nitrogens with one attached hydrogen (secondary N) is 2. The van der Waals surface area contributed by atoms with Crippen LogP contribution in [0.1, 0.15) is 30.5 Å². The second kappa shape index (κ2) is 10.5. The highest BCUT2D eigenvalue weighted by atomic mass is 19.1. The number of anilines is 1. The molecule has 1 saturated heterocycles. The summed E-state index contributed by atoms with van der Waals surface area (Å²) in [6.07, 6.45) is 3.76. The molecule has 7 nitrogen and oxygen atoms in total. The summed E-state index contributed by atoms with van der Waals surface area (Å²) < 4.78 is 22.3. The van der Waals surface area contributed by atoms with E-state index in [4.69, 9.17) is 4.74 Å². The molecule has 2 N–H and O–H groups in total. The molecule has 8 heteroatoms. The van der Waals surface area contributed by atoms with E-state index in [9.17, 15) is 9.18 Å². The molecule has 0 saturated carbocycles. The van der Waals surface area contributed by atoms with Crippen LogP contribution in [-0.2, 0) is 24.4 Å². The summed E-state index contributed by atoms with van der Waals surface area (Å²) in [5, 5.41) is 9.93. The van der Waals surface area contributed by atoms with E-state index in [0.717, 1.165) is 11.1 Å². The topological polar surface area (TPSA) is 71.4 Å². The summed E-state index contributed by atoms with van der Waals surface area (Å²) in [4.78, 5) is 14.3. The predicted molar refractivity (Wildman–Crippen MR) is 125 cm³/mol. The summed E-state index contributed by atoms with van der Waals surface area (Å²) in [6, 6.07) is 14.6. The van der Waals surface area contributed by atoms with Gasteiger partial charge in [0.2, 0.25) is 0 Å². The van der Waals surface area contributed by atoms with Crippen LogP contribution >= 0.6 is 0 Å². The van der Waals surface area contributed by atoms with Gasteiger partial charge in [0.15, 0.2) is 0 Å². The van der Waals surface area contributed by atoms with Crippen molar-refractivity contribution in [1.29, 1.82) is 0 Å². The number of carbonyl (C=O) groups is 1. The van der Waals surface area contributed by atoms with Gasteiger partial charge in [0.1, 0.15) is 5.82 Å². The SMILES string of the molecule is CC1CN(c2ccc(CNC(=O)NCc3ccccc3Cn3cccn3)cc2F)CC(C)O1. The highest BCUT2D eigenvalue weighted by Crippen LogP contribution is 2.24. The van der Waals surface area contributed by atoms with Gasteiger partial charge in [-0.15, -0.1) is 0 Å². The third kappa shape index (κ3) is 6.10. The van der Waals surface area contributed by atoms with Crippen molar-refractivity contribution in [2.24, 2.45) is 0 Å². The Balaban J connectivity index is 1.29. The van der Waals surface area contributed by atoms with Gasteiger partial charge < -0.3 is 20.3 Å². The maximum absolute atomic E-state index is 14.8. The van der Waals surface area contributed by atoms with Crippen LogP contribution in [0.3, 0.4) is 0 Å². The molecule has 0 radical (unpaired) electrons. The van der Waals surface area contributed by atoms with Crippen molar-refractivity contribution in [2.75, 3.05) is 18.0 Å². The fraction of sp³-hybridized carbons (Fsp3) is 0.360. The van der Waals surface area contributed by atoms with Crippen LogP contribution in [0.15, 0.2) is 60.9 Å². The molecule has 1 fully saturated rings. The number of hydrogen-bond donors (Lipinski definition) is 2. The fourth-order valence-corrected chi connectivity index (χ4v) is 4.16. The first-order valence-corrected chi connectivity index (χ1v) is 11.2. The molecule has 2 amide bonds. The van der Waals surface area contributed by atoms with Gasteiger partial charge in [-0.2, -0.15) is 5.10 Å². The summed E-state index contributed by atoms with van der Waals surface area (Å²) in [6.45, 7) is 6.57. The molecule has 0 spiro atoms. The van der Waals surface area contributed by atoms with Crippen molar-refractivity contribution < 1.29 is 13.9 Å². The summed E-state index contributed by atoms with van der Waals surface area (Å²) in [7, 11) is 0. The molecule has 0 bridgehead atoms. The predicted octanol–water partition coefficient (Wildman–Crippen LogP) is 3.68. The normalized spacial score (nSPS) is 18.2. The molecule has 2 aromatic carbocycles. The van der Waals surface area contributed by atoms with Gasteiger partial charge in [-0.3, -0.25) is 4.68 Å². The van der Waals surface area contributed by atoms with Crippen molar-refractivity contribution in [1.82, 2.24) is 20.4 Å². The van der Waals surface area contributed by atoms with Crippen LogP contribution in [0.4, 0.5) is 14.9 Å². The Kier molecular flexibility index (Phi) is 7.24. The van der Waals surface area contributed by atoms with E-state index in [1.807, 2.05) is 66.0 Å². The number of aromatic nitrogens is 2. The zero-order valence-corrected chi connectivity index (χ0v) is 19.0. The van der Waals surface area contributed by atoms with Gasteiger partial charge in [-0.1, -0.05) is 30.3 Å². The number of urea groups is 1. The van der Waals surface area contributed by atoms with E-state index in [2.05, 4.69) is 15.7 Å². The average Bonchev–Trinajstić information content (AvgIpc) is 3.29. The first-order chi connectivity index (χ1) is 16.0. The lowest BCUT2D eigenvalue weighted by atomic mass is 10.1. The fourth-order valence-electron chi connectivity index (χ4n) is 4.16. The molecule has 2 heterocycles. The minimum atomic E-state index is -0.302. The molecule has 1 aliphatic rings. The molecular formula is C25H30FN5O2. The molecule has 2 unspecified atom stereocenters. The van der Waals surface area contributed by atoms with Crippen molar-refractivity contribution in [3.05, 3.63) is 83.4 Å². The maximum Gasteiger partial charge on any atom is 0.315 e. The average molecular weight is 452 g/mol. The number of carbonyl (C=O) groups excluding carboxylic acids is 1. The van der Waals surface area contributed by atoms with Crippen LogP contribution in [0.5, 0.6) is 0 Å². The van der Waals surface area contributed by atoms with Crippen molar-refractivity contribution in [2.45, 2.75) is 45.7 Å². The number of halogens is 1. The minimum absolute atomic E-state index is 0.0582. The third-order valence-electron chi connectivity index (χ3n) is 5.67. The molecule has 33 heavy (non-hydrogen) atoms. The number of nitrogens with zero attached hydrogens (tertiary/aromatic N) is 3. The molecule has 174 valence electrons. The van der Waals surface area contributed by atoms with E-state index in [0.29, 0.717) is 37.4 Å². The van der Waals surface area contributed by atoms with Gasteiger partial charge in [0, 0.05) is 38.6 Å². The second-order valence-corrected chi connectivity index (χ2v) is 8.46. The van der Waals surface area contributed by atoms with Crippen LogP contribution in [0, 0.1) is 5.82 Å². The van der Waals surface area contributed by atoms with E-state index in [-0.39, 0.29) is 30.6 Å². The lowest BCUT2D eigenvalue weighted by molar-refractivity contribution is -0.00539. The third-order valence-corrected chi connectivity index (χ3v) is 5.67.